The van der Waals surface area contributed by atoms with Crippen molar-refractivity contribution in [2.45, 2.75) is 31.7 Å². The second kappa shape index (κ2) is 7.10. The van der Waals surface area contributed by atoms with E-state index in [0.717, 1.165) is 13.0 Å². The molecule has 0 bridgehead atoms. The summed E-state index contributed by atoms with van der Waals surface area (Å²) in [5.41, 5.74) is 0. The zero-order chi connectivity index (χ0) is 13.7. The second-order valence-corrected chi connectivity index (χ2v) is 5.77. The van der Waals surface area contributed by atoms with Crippen LogP contribution in [0, 0.1) is 5.92 Å². The van der Waals surface area contributed by atoms with E-state index in [4.69, 9.17) is 4.74 Å². The summed E-state index contributed by atoms with van der Waals surface area (Å²) >= 11 is 0. The highest BCUT2D eigenvalue weighted by Crippen LogP contribution is 2.30. The maximum absolute atomic E-state index is 12.2. The molecule has 2 saturated heterocycles. The van der Waals surface area contributed by atoms with E-state index >= 15 is 0 Å². The average molecular weight is 269 g/mol. The van der Waals surface area contributed by atoms with Crippen LogP contribution in [-0.2, 0) is 4.74 Å². The molecule has 0 spiro atoms. The normalized spacial score (nSPS) is 25.8. The summed E-state index contributed by atoms with van der Waals surface area (Å²) in [6.45, 7) is 4.43. The highest BCUT2D eigenvalue weighted by Gasteiger charge is 2.35. The third-order valence-electron chi connectivity index (χ3n) is 4.45. The van der Waals surface area contributed by atoms with Crippen LogP contribution in [0.4, 0.5) is 4.79 Å². The summed E-state index contributed by atoms with van der Waals surface area (Å²) in [6, 6.07) is 0.551. The standard InChI is InChI=1S/C14H27N3O2/c1-16-9-5-12(6-10-16)13-4-3-8-17(13)14(18)15-7-11-19-2/h12-13H,3-11H2,1-2H3,(H,15,18)/t13-/m0/s1. The Kier molecular flexibility index (Phi) is 5.45. The Morgan fingerprint density at radius 1 is 1.26 bits per heavy atom. The van der Waals surface area contributed by atoms with Gasteiger partial charge in [-0.3, -0.25) is 0 Å². The molecular formula is C14H27N3O2. The van der Waals surface area contributed by atoms with Gasteiger partial charge in [0.15, 0.2) is 0 Å². The van der Waals surface area contributed by atoms with Crippen molar-refractivity contribution in [3.05, 3.63) is 0 Å². The lowest BCUT2D eigenvalue weighted by molar-refractivity contribution is 0.130. The number of hydrogen-bond donors (Lipinski definition) is 1. The van der Waals surface area contributed by atoms with Crippen molar-refractivity contribution < 1.29 is 9.53 Å². The summed E-state index contributed by atoms with van der Waals surface area (Å²) in [7, 11) is 3.84. The molecule has 5 nitrogen and oxygen atoms in total. The first kappa shape index (κ1) is 14.6. The van der Waals surface area contributed by atoms with Gasteiger partial charge in [0.1, 0.15) is 0 Å². The molecule has 1 atom stereocenters. The number of amides is 2. The molecule has 1 N–H and O–H groups in total. The summed E-state index contributed by atoms with van der Waals surface area (Å²) in [5.74, 6) is 0.687. The average Bonchev–Trinajstić information content (AvgIpc) is 2.89. The van der Waals surface area contributed by atoms with E-state index in [-0.39, 0.29) is 6.03 Å². The molecule has 19 heavy (non-hydrogen) atoms. The highest BCUT2D eigenvalue weighted by molar-refractivity contribution is 5.74. The predicted octanol–water partition coefficient (Wildman–Crippen LogP) is 1.15. The van der Waals surface area contributed by atoms with Gasteiger partial charge in [0.25, 0.3) is 0 Å². The van der Waals surface area contributed by atoms with E-state index in [1.54, 1.807) is 7.11 Å². The number of carbonyl (C=O) groups excluding carboxylic acids is 1. The lowest BCUT2D eigenvalue weighted by Gasteiger charge is -2.36. The molecular weight excluding hydrogens is 242 g/mol. The molecule has 2 heterocycles. The number of hydrogen-bond acceptors (Lipinski definition) is 3. The SMILES string of the molecule is COCCNC(=O)N1CCC[C@H]1C1CCN(C)CC1. The smallest absolute Gasteiger partial charge is 0.317 e. The molecule has 0 aromatic heterocycles. The zero-order valence-corrected chi connectivity index (χ0v) is 12.2. The second-order valence-electron chi connectivity index (χ2n) is 5.77. The van der Waals surface area contributed by atoms with Crippen molar-refractivity contribution in [1.82, 2.24) is 15.1 Å². The number of nitrogens with one attached hydrogen (secondary N) is 1. The number of methoxy groups -OCH3 is 1. The number of likely N-dealkylation sites (tertiary alicyclic amines) is 2. The van der Waals surface area contributed by atoms with Crippen LogP contribution < -0.4 is 5.32 Å². The Hall–Kier alpha value is -0.810. The minimum atomic E-state index is 0.0958. The maximum atomic E-state index is 12.2. The molecule has 0 aromatic rings. The van der Waals surface area contributed by atoms with Crippen molar-refractivity contribution in [2.24, 2.45) is 5.92 Å². The van der Waals surface area contributed by atoms with Crippen molar-refractivity contribution in [3.63, 3.8) is 0 Å². The van der Waals surface area contributed by atoms with Crippen molar-refractivity contribution in [1.29, 1.82) is 0 Å². The molecule has 2 aliphatic heterocycles. The minimum absolute atomic E-state index is 0.0958. The van der Waals surface area contributed by atoms with Gasteiger partial charge in [-0.25, -0.2) is 4.79 Å². The van der Waals surface area contributed by atoms with Gasteiger partial charge in [-0.15, -0.1) is 0 Å². The molecule has 0 radical (unpaired) electrons. The van der Waals surface area contributed by atoms with Crippen LogP contribution in [0.3, 0.4) is 0 Å². The molecule has 0 aliphatic carbocycles. The largest absolute Gasteiger partial charge is 0.383 e. The predicted molar refractivity (Wildman–Crippen MR) is 75.2 cm³/mol. The molecule has 0 unspecified atom stereocenters. The zero-order valence-electron chi connectivity index (χ0n) is 12.2. The van der Waals surface area contributed by atoms with Gasteiger partial charge < -0.3 is 19.9 Å². The molecule has 2 aliphatic rings. The maximum Gasteiger partial charge on any atom is 0.317 e. The number of rotatable bonds is 4. The Morgan fingerprint density at radius 3 is 2.68 bits per heavy atom. The number of urea groups is 1. The summed E-state index contributed by atoms with van der Waals surface area (Å²) in [5, 5.41) is 2.95. The van der Waals surface area contributed by atoms with E-state index in [1.165, 1.54) is 32.4 Å². The van der Waals surface area contributed by atoms with Gasteiger partial charge in [-0.05, 0) is 51.7 Å². The van der Waals surface area contributed by atoms with E-state index < -0.39 is 0 Å². The van der Waals surface area contributed by atoms with E-state index in [1.807, 2.05) is 0 Å². The van der Waals surface area contributed by atoms with Gasteiger partial charge in [0.05, 0.1) is 6.61 Å². The topological polar surface area (TPSA) is 44.8 Å². The molecule has 5 heteroatoms. The third kappa shape index (κ3) is 3.83. The quantitative estimate of drug-likeness (QED) is 0.779. The van der Waals surface area contributed by atoms with Gasteiger partial charge in [-0.1, -0.05) is 0 Å². The van der Waals surface area contributed by atoms with Crippen LogP contribution in [0.15, 0.2) is 0 Å². The molecule has 2 fully saturated rings. The van der Waals surface area contributed by atoms with Crippen LogP contribution in [0.5, 0.6) is 0 Å². The van der Waals surface area contributed by atoms with E-state index in [0.29, 0.717) is 25.1 Å². The Bertz CT molecular complexity index is 290. The minimum Gasteiger partial charge on any atom is -0.383 e. The number of piperidine rings is 1. The highest BCUT2D eigenvalue weighted by atomic mass is 16.5. The Labute approximate surface area is 116 Å². The van der Waals surface area contributed by atoms with Crippen LogP contribution in [0.2, 0.25) is 0 Å². The van der Waals surface area contributed by atoms with Gasteiger partial charge in [0, 0.05) is 26.2 Å². The van der Waals surface area contributed by atoms with Crippen molar-refractivity contribution in [3.8, 4) is 0 Å². The first-order chi connectivity index (χ1) is 9.22. The number of carbonyl (C=O) groups is 1. The Balaban J connectivity index is 1.84. The summed E-state index contributed by atoms with van der Waals surface area (Å²) in [6.07, 6.45) is 4.77. The molecule has 0 saturated carbocycles. The van der Waals surface area contributed by atoms with Gasteiger partial charge >= 0.3 is 6.03 Å². The van der Waals surface area contributed by atoms with Crippen LogP contribution in [-0.4, -0.2) is 68.8 Å². The van der Waals surface area contributed by atoms with Gasteiger partial charge in [-0.2, -0.15) is 0 Å². The van der Waals surface area contributed by atoms with Crippen molar-refractivity contribution in [2.75, 3.05) is 46.9 Å². The fourth-order valence-electron chi connectivity index (χ4n) is 3.31. The van der Waals surface area contributed by atoms with E-state index in [2.05, 4.69) is 22.2 Å². The lowest BCUT2D eigenvalue weighted by atomic mass is 9.88. The molecule has 0 aromatic carbocycles. The fraction of sp³-hybridized carbons (Fsp3) is 0.929. The molecule has 2 amide bonds. The number of nitrogens with zero attached hydrogens (tertiary/aromatic N) is 2. The van der Waals surface area contributed by atoms with Crippen LogP contribution >= 0.6 is 0 Å². The first-order valence-corrected chi connectivity index (χ1v) is 7.44. The molecule has 110 valence electrons. The fourth-order valence-corrected chi connectivity index (χ4v) is 3.31. The summed E-state index contributed by atoms with van der Waals surface area (Å²) in [4.78, 5) is 16.6. The number of ether oxygens (including phenoxy) is 1. The van der Waals surface area contributed by atoms with Crippen molar-refractivity contribution >= 4 is 6.03 Å². The van der Waals surface area contributed by atoms with Gasteiger partial charge in [0.2, 0.25) is 0 Å². The van der Waals surface area contributed by atoms with E-state index in [9.17, 15) is 4.79 Å². The van der Waals surface area contributed by atoms with Crippen LogP contribution in [0.25, 0.3) is 0 Å². The third-order valence-corrected chi connectivity index (χ3v) is 4.45. The Morgan fingerprint density at radius 2 is 2.00 bits per heavy atom. The monoisotopic (exact) mass is 269 g/mol. The first-order valence-electron chi connectivity index (χ1n) is 7.44. The lowest BCUT2D eigenvalue weighted by Crippen LogP contribution is -2.48. The molecule has 2 rings (SSSR count). The summed E-state index contributed by atoms with van der Waals surface area (Å²) < 4.78 is 4.97. The van der Waals surface area contributed by atoms with Crippen LogP contribution in [0.1, 0.15) is 25.7 Å².